The molecule has 0 spiro atoms. The van der Waals surface area contributed by atoms with Gasteiger partial charge in [0.05, 0.1) is 0 Å². The lowest BCUT2D eigenvalue weighted by Gasteiger charge is -2.04. The van der Waals surface area contributed by atoms with Crippen LogP contribution in [0, 0.1) is 0 Å². The van der Waals surface area contributed by atoms with Gasteiger partial charge in [-0.25, -0.2) is 4.98 Å². The summed E-state index contributed by atoms with van der Waals surface area (Å²) in [5.74, 6) is 2.24. The average molecular weight is 185 g/mol. The third-order valence-electron chi connectivity index (χ3n) is 1.71. The van der Waals surface area contributed by atoms with Crippen molar-refractivity contribution in [3.63, 3.8) is 0 Å². The molecule has 0 aliphatic rings. The molecule has 0 aliphatic carbocycles. The third-order valence-corrected chi connectivity index (χ3v) is 2.30. The standard InChI is InChI=1S/C8H15N3S/c1-12-7-6-11-5-4-10-8(11)2-3-9/h4-5H,2-3,6-7,9H2,1H3. The summed E-state index contributed by atoms with van der Waals surface area (Å²) in [6.45, 7) is 1.72. The van der Waals surface area contributed by atoms with E-state index < -0.39 is 0 Å². The molecule has 0 unspecified atom stereocenters. The maximum Gasteiger partial charge on any atom is 0.109 e. The van der Waals surface area contributed by atoms with Crippen LogP contribution in [0.25, 0.3) is 0 Å². The zero-order chi connectivity index (χ0) is 8.81. The molecule has 3 nitrogen and oxygen atoms in total. The molecule has 4 heteroatoms. The Morgan fingerprint density at radius 1 is 1.67 bits per heavy atom. The summed E-state index contributed by atoms with van der Waals surface area (Å²) in [6.07, 6.45) is 6.84. The molecule has 0 saturated heterocycles. The highest BCUT2D eigenvalue weighted by Gasteiger charge is 1.99. The number of thioether (sulfide) groups is 1. The Morgan fingerprint density at radius 2 is 2.50 bits per heavy atom. The van der Waals surface area contributed by atoms with Crippen LogP contribution < -0.4 is 5.73 Å². The number of aryl methyl sites for hydroxylation is 1. The molecular weight excluding hydrogens is 170 g/mol. The summed E-state index contributed by atoms with van der Waals surface area (Å²) in [6, 6.07) is 0. The highest BCUT2D eigenvalue weighted by molar-refractivity contribution is 7.98. The van der Waals surface area contributed by atoms with E-state index in [0.29, 0.717) is 6.54 Å². The van der Waals surface area contributed by atoms with Gasteiger partial charge in [0.2, 0.25) is 0 Å². The number of hydrogen-bond acceptors (Lipinski definition) is 3. The predicted octanol–water partition coefficient (Wildman–Crippen LogP) is 0.747. The van der Waals surface area contributed by atoms with Gasteiger partial charge < -0.3 is 10.3 Å². The second-order valence-electron chi connectivity index (χ2n) is 2.57. The number of aromatic nitrogens is 2. The van der Waals surface area contributed by atoms with Crippen LogP contribution in [0.1, 0.15) is 5.82 Å². The number of nitrogens with two attached hydrogens (primary N) is 1. The molecule has 12 heavy (non-hydrogen) atoms. The fourth-order valence-corrected chi connectivity index (χ4v) is 1.47. The van der Waals surface area contributed by atoms with Gasteiger partial charge in [0.25, 0.3) is 0 Å². The Morgan fingerprint density at radius 3 is 3.17 bits per heavy atom. The molecule has 0 aromatic carbocycles. The number of nitrogens with zero attached hydrogens (tertiary/aromatic N) is 2. The van der Waals surface area contributed by atoms with E-state index in [1.165, 1.54) is 0 Å². The minimum absolute atomic E-state index is 0.677. The zero-order valence-corrected chi connectivity index (χ0v) is 8.18. The van der Waals surface area contributed by atoms with E-state index in [9.17, 15) is 0 Å². The van der Waals surface area contributed by atoms with Gasteiger partial charge >= 0.3 is 0 Å². The van der Waals surface area contributed by atoms with Crippen molar-refractivity contribution in [2.24, 2.45) is 5.73 Å². The molecular formula is C8H15N3S. The minimum atomic E-state index is 0.677. The first-order valence-corrected chi connectivity index (χ1v) is 5.47. The van der Waals surface area contributed by atoms with E-state index in [0.717, 1.165) is 24.5 Å². The fraction of sp³-hybridized carbons (Fsp3) is 0.625. The van der Waals surface area contributed by atoms with Crippen molar-refractivity contribution in [2.75, 3.05) is 18.6 Å². The Balaban J connectivity index is 2.51. The smallest absolute Gasteiger partial charge is 0.109 e. The van der Waals surface area contributed by atoms with Crippen molar-refractivity contribution in [3.05, 3.63) is 18.2 Å². The second-order valence-corrected chi connectivity index (χ2v) is 3.55. The normalized spacial score (nSPS) is 10.5. The Kier molecular flexibility index (Phi) is 4.18. The minimum Gasteiger partial charge on any atom is -0.334 e. The zero-order valence-electron chi connectivity index (χ0n) is 7.36. The first-order chi connectivity index (χ1) is 5.88. The molecule has 1 rings (SSSR count). The van der Waals surface area contributed by atoms with Crippen LogP contribution in [-0.2, 0) is 13.0 Å². The van der Waals surface area contributed by atoms with Crippen molar-refractivity contribution < 1.29 is 0 Å². The van der Waals surface area contributed by atoms with Gasteiger partial charge in [-0.3, -0.25) is 0 Å². The molecule has 0 atom stereocenters. The van der Waals surface area contributed by atoms with E-state index in [4.69, 9.17) is 5.73 Å². The van der Waals surface area contributed by atoms with Gasteiger partial charge in [-0.05, 0) is 12.8 Å². The Bertz CT molecular complexity index is 222. The summed E-state index contributed by atoms with van der Waals surface area (Å²) in [4.78, 5) is 4.23. The molecule has 0 aliphatic heterocycles. The van der Waals surface area contributed by atoms with E-state index in [1.54, 1.807) is 0 Å². The topological polar surface area (TPSA) is 43.8 Å². The number of rotatable bonds is 5. The summed E-state index contributed by atoms with van der Waals surface area (Å²) in [5, 5.41) is 0. The number of imidazole rings is 1. The van der Waals surface area contributed by atoms with Crippen LogP contribution in [0.15, 0.2) is 12.4 Å². The van der Waals surface area contributed by atoms with Crippen molar-refractivity contribution in [1.82, 2.24) is 9.55 Å². The van der Waals surface area contributed by atoms with Gasteiger partial charge in [0.15, 0.2) is 0 Å². The summed E-state index contributed by atoms with van der Waals surface area (Å²) >= 11 is 1.85. The molecule has 2 N–H and O–H groups in total. The first kappa shape index (κ1) is 9.61. The lowest BCUT2D eigenvalue weighted by Crippen LogP contribution is -2.10. The molecule has 1 aromatic heterocycles. The Hall–Kier alpha value is -0.480. The molecule has 0 amide bonds. The molecule has 0 bridgehead atoms. The van der Waals surface area contributed by atoms with E-state index in [-0.39, 0.29) is 0 Å². The van der Waals surface area contributed by atoms with Crippen molar-refractivity contribution >= 4 is 11.8 Å². The van der Waals surface area contributed by atoms with Gasteiger partial charge in [-0.1, -0.05) is 0 Å². The van der Waals surface area contributed by atoms with Gasteiger partial charge in [0.1, 0.15) is 5.82 Å². The SMILES string of the molecule is CSCCn1ccnc1CCN. The maximum atomic E-state index is 5.46. The van der Waals surface area contributed by atoms with Gasteiger partial charge in [0, 0.05) is 31.1 Å². The lowest BCUT2D eigenvalue weighted by molar-refractivity contribution is 0.699. The molecule has 1 heterocycles. The molecule has 68 valence electrons. The Labute approximate surface area is 77.4 Å². The van der Waals surface area contributed by atoms with Crippen molar-refractivity contribution in [1.29, 1.82) is 0 Å². The maximum absolute atomic E-state index is 5.46. The molecule has 0 fully saturated rings. The van der Waals surface area contributed by atoms with Crippen molar-refractivity contribution in [3.8, 4) is 0 Å². The lowest BCUT2D eigenvalue weighted by atomic mass is 10.4. The third kappa shape index (κ3) is 2.53. The van der Waals surface area contributed by atoms with Gasteiger partial charge in [-0.15, -0.1) is 0 Å². The monoisotopic (exact) mass is 185 g/mol. The van der Waals surface area contributed by atoms with Crippen LogP contribution in [0.2, 0.25) is 0 Å². The second kappa shape index (κ2) is 5.22. The van der Waals surface area contributed by atoms with E-state index in [2.05, 4.69) is 15.8 Å². The van der Waals surface area contributed by atoms with Crippen LogP contribution in [-0.4, -0.2) is 28.1 Å². The van der Waals surface area contributed by atoms with E-state index in [1.807, 2.05) is 24.2 Å². The molecule has 1 aromatic rings. The first-order valence-electron chi connectivity index (χ1n) is 4.07. The summed E-state index contributed by atoms with van der Waals surface area (Å²) in [7, 11) is 0. The van der Waals surface area contributed by atoms with Crippen LogP contribution in [0.4, 0.5) is 0 Å². The van der Waals surface area contributed by atoms with Crippen LogP contribution in [0.5, 0.6) is 0 Å². The van der Waals surface area contributed by atoms with Crippen LogP contribution in [0.3, 0.4) is 0 Å². The van der Waals surface area contributed by atoms with Gasteiger partial charge in [-0.2, -0.15) is 11.8 Å². The van der Waals surface area contributed by atoms with Crippen molar-refractivity contribution in [2.45, 2.75) is 13.0 Å². The largest absolute Gasteiger partial charge is 0.334 e. The summed E-state index contributed by atoms with van der Waals surface area (Å²) in [5.41, 5.74) is 5.46. The molecule has 0 radical (unpaired) electrons. The summed E-state index contributed by atoms with van der Waals surface area (Å²) < 4.78 is 2.17. The van der Waals surface area contributed by atoms with E-state index >= 15 is 0 Å². The molecule has 0 saturated carbocycles. The highest BCUT2D eigenvalue weighted by Crippen LogP contribution is 2.01. The number of hydrogen-bond donors (Lipinski definition) is 1. The predicted molar refractivity (Wildman–Crippen MR) is 53.4 cm³/mol. The quantitative estimate of drug-likeness (QED) is 0.736. The highest BCUT2D eigenvalue weighted by atomic mass is 32.2. The average Bonchev–Trinajstić information content (AvgIpc) is 2.50. The fourth-order valence-electron chi connectivity index (χ4n) is 1.09. The van der Waals surface area contributed by atoms with Crippen LogP contribution >= 0.6 is 11.8 Å².